The molecular formula is C30H32O6. The fraction of sp³-hybridized carbons (Fsp3) is 0.333. The zero-order valence-corrected chi connectivity index (χ0v) is 21.6. The first-order valence-corrected chi connectivity index (χ1v) is 12.2. The van der Waals surface area contributed by atoms with Gasteiger partial charge >= 0.3 is 0 Å². The monoisotopic (exact) mass is 488 g/mol. The minimum atomic E-state index is -1.26. The molecule has 0 spiro atoms. The first-order valence-electron chi connectivity index (χ1n) is 12.2. The standard InChI is InChI=1S/C28H26O6.C2H6/c1-14-22(26(32)18-8-6-5-7-17(18)24(14)30)23-15(2)25(31)19-11-9-16(13-20(19)27(23)33)10-12-21(29)28(3,4)34;1-2/h5-9,11,13,21,29,34H,10,12H2,1-4H3;1-2H3. The third-order valence-electron chi connectivity index (χ3n) is 6.65. The summed E-state index contributed by atoms with van der Waals surface area (Å²) in [4.78, 5) is 53.1. The molecule has 2 aliphatic carbocycles. The van der Waals surface area contributed by atoms with Gasteiger partial charge in [-0.05, 0) is 52.2 Å². The van der Waals surface area contributed by atoms with Gasteiger partial charge in [-0.1, -0.05) is 50.2 Å². The third-order valence-corrected chi connectivity index (χ3v) is 6.65. The molecule has 36 heavy (non-hydrogen) atoms. The predicted octanol–water partition coefficient (Wildman–Crippen LogP) is 4.87. The third kappa shape index (κ3) is 4.66. The van der Waals surface area contributed by atoms with E-state index < -0.39 is 23.3 Å². The first-order chi connectivity index (χ1) is 16.9. The van der Waals surface area contributed by atoms with E-state index in [-0.39, 0.29) is 62.5 Å². The Bertz CT molecular complexity index is 1330. The Morgan fingerprint density at radius 1 is 0.722 bits per heavy atom. The van der Waals surface area contributed by atoms with Gasteiger partial charge in [0, 0.05) is 44.5 Å². The van der Waals surface area contributed by atoms with E-state index in [4.69, 9.17) is 0 Å². The van der Waals surface area contributed by atoms with E-state index in [0.717, 1.165) is 0 Å². The number of carbonyl (C=O) groups excluding carboxylic acids is 4. The van der Waals surface area contributed by atoms with E-state index >= 15 is 0 Å². The van der Waals surface area contributed by atoms with Crippen LogP contribution in [0.2, 0.25) is 0 Å². The number of aliphatic hydroxyl groups excluding tert-OH is 1. The summed E-state index contributed by atoms with van der Waals surface area (Å²) in [5.74, 6) is -1.64. The van der Waals surface area contributed by atoms with Crippen LogP contribution in [-0.4, -0.2) is 45.1 Å². The molecule has 0 fully saturated rings. The maximum atomic E-state index is 13.6. The molecule has 2 aliphatic rings. The second kappa shape index (κ2) is 10.2. The molecule has 0 saturated heterocycles. The average Bonchev–Trinajstić information content (AvgIpc) is 2.87. The van der Waals surface area contributed by atoms with Crippen LogP contribution in [0, 0.1) is 0 Å². The number of benzene rings is 2. The maximum absolute atomic E-state index is 13.6. The summed E-state index contributed by atoms with van der Waals surface area (Å²) in [6.07, 6.45) is -0.317. The van der Waals surface area contributed by atoms with Gasteiger partial charge in [0.15, 0.2) is 23.1 Å². The van der Waals surface area contributed by atoms with E-state index in [2.05, 4.69) is 0 Å². The van der Waals surface area contributed by atoms with Crippen molar-refractivity contribution in [2.45, 2.75) is 66.1 Å². The van der Waals surface area contributed by atoms with Gasteiger partial charge < -0.3 is 10.2 Å². The van der Waals surface area contributed by atoms with Crippen LogP contribution in [0.5, 0.6) is 0 Å². The minimum absolute atomic E-state index is 0.0203. The van der Waals surface area contributed by atoms with Crippen LogP contribution in [0.1, 0.15) is 95.0 Å². The van der Waals surface area contributed by atoms with Gasteiger partial charge in [0.2, 0.25) is 0 Å². The maximum Gasteiger partial charge on any atom is 0.194 e. The molecule has 0 aliphatic heterocycles. The summed E-state index contributed by atoms with van der Waals surface area (Å²) in [6, 6.07) is 11.3. The zero-order chi connectivity index (χ0) is 26.9. The van der Waals surface area contributed by atoms with Gasteiger partial charge in [0.1, 0.15) is 0 Å². The van der Waals surface area contributed by atoms with Gasteiger partial charge in [0.25, 0.3) is 0 Å². The van der Waals surface area contributed by atoms with E-state index in [1.807, 2.05) is 13.8 Å². The molecule has 0 heterocycles. The zero-order valence-electron chi connectivity index (χ0n) is 21.6. The van der Waals surface area contributed by atoms with Crippen molar-refractivity contribution in [1.29, 1.82) is 0 Å². The summed E-state index contributed by atoms with van der Waals surface area (Å²) in [5.41, 5.74) is 0.592. The van der Waals surface area contributed by atoms with Crippen molar-refractivity contribution in [1.82, 2.24) is 0 Å². The van der Waals surface area contributed by atoms with Crippen molar-refractivity contribution in [3.63, 3.8) is 0 Å². The molecule has 0 aromatic heterocycles. The number of allylic oxidation sites excluding steroid dienone is 4. The first kappa shape index (κ1) is 27.1. The molecule has 0 saturated carbocycles. The molecule has 2 aromatic carbocycles. The minimum Gasteiger partial charge on any atom is -0.390 e. The Morgan fingerprint density at radius 3 is 1.67 bits per heavy atom. The van der Waals surface area contributed by atoms with Crippen molar-refractivity contribution in [3.8, 4) is 0 Å². The van der Waals surface area contributed by atoms with Crippen LogP contribution >= 0.6 is 0 Å². The number of aliphatic hydroxyl groups is 2. The van der Waals surface area contributed by atoms with Crippen LogP contribution < -0.4 is 0 Å². The highest BCUT2D eigenvalue weighted by Gasteiger charge is 2.39. The number of rotatable bonds is 5. The smallest absolute Gasteiger partial charge is 0.194 e. The highest BCUT2D eigenvalue weighted by atomic mass is 16.3. The normalized spacial score (nSPS) is 16.4. The molecule has 2 aromatic rings. The average molecular weight is 489 g/mol. The summed E-state index contributed by atoms with van der Waals surface area (Å²) in [6.45, 7) is 10.0. The Labute approximate surface area is 211 Å². The predicted molar refractivity (Wildman–Crippen MR) is 138 cm³/mol. The summed E-state index contributed by atoms with van der Waals surface area (Å²) in [5, 5.41) is 20.1. The van der Waals surface area contributed by atoms with Gasteiger partial charge in [-0.2, -0.15) is 0 Å². The van der Waals surface area contributed by atoms with Crippen LogP contribution in [0.3, 0.4) is 0 Å². The second-order valence-electron chi connectivity index (χ2n) is 9.45. The molecule has 6 nitrogen and oxygen atoms in total. The number of Topliss-reactive ketones (excluding diaryl/α,β-unsaturated/α-hetero) is 4. The van der Waals surface area contributed by atoms with Crippen molar-refractivity contribution >= 4 is 23.1 Å². The van der Waals surface area contributed by atoms with E-state index in [0.29, 0.717) is 12.0 Å². The molecule has 6 heteroatoms. The van der Waals surface area contributed by atoms with Crippen molar-refractivity contribution < 1.29 is 29.4 Å². The lowest BCUT2D eigenvalue weighted by molar-refractivity contribution is -0.0509. The highest BCUT2D eigenvalue weighted by Crippen LogP contribution is 2.37. The van der Waals surface area contributed by atoms with Crippen molar-refractivity contribution in [3.05, 3.63) is 92.6 Å². The van der Waals surface area contributed by atoms with Gasteiger partial charge in [-0.3, -0.25) is 19.2 Å². The second-order valence-corrected chi connectivity index (χ2v) is 9.45. The van der Waals surface area contributed by atoms with Crippen LogP contribution in [-0.2, 0) is 6.42 Å². The Balaban J connectivity index is 0.00000176. The lowest BCUT2D eigenvalue weighted by Gasteiger charge is -2.26. The Morgan fingerprint density at radius 2 is 1.17 bits per heavy atom. The summed E-state index contributed by atoms with van der Waals surface area (Å²) >= 11 is 0. The van der Waals surface area contributed by atoms with Crippen molar-refractivity contribution in [2.75, 3.05) is 0 Å². The molecule has 1 unspecified atom stereocenters. The number of carbonyl (C=O) groups is 4. The molecule has 1 atom stereocenters. The number of hydrogen-bond acceptors (Lipinski definition) is 6. The molecule has 188 valence electrons. The van der Waals surface area contributed by atoms with Crippen LogP contribution in [0.4, 0.5) is 0 Å². The number of ketones is 4. The lowest BCUT2D eigenvalue weighted by Crippen LogP contribution is -2.36. The quantitative estimate of drug-likeness (QED) is 0.622. The van der Waals surface area contributed by atoms with E-state index in [1.165, 1.54) is 27.7 Å². The molecule has 0 radical (unpaired) electrons. The molecule has 4 rings (SSSR count). The fourth-order valence-corrected chi connectivity index (χ4v) is 4.51. The van der Waals surface area contributed by atoms with Crippen LogP contribution in [0.25, 0.3) is 0 Å². The topological polar surface area (TPSA) is 109 Å². The van der Waals surface area contributed by atoms with Crippen LogP contribution in [0.15, 0.2) is 64.8 Å². The Kier molecular flexibility index (Phi) is 7.72. The summed E-state index contributed by atoms with van der Waals surface area (Å²) < 4.78 is 0. The van der Waals surface area contributed by atoms with Gasteiger partial charge in [-0.25, -0.2) is 0 Å². The molecule has 2 N–H and O–H groups in total. The Hall–Kier alpha value is -3.48. The van der Waals surface area contributed by atoms with Gasteiger partial charge in [0.05, 0.1) is 11.7 Å². The number of hydrogen-bond donors (Lipinski definition) is 2. The lowest BCUT2D eigenvalue weighted by atomic mass is 9.74. The fourth-order valence-electron chi connectivity index (χ4n) is 4.51. The van der Waals surface area contributed by atoms with E-state index in [1.54, 1.807) is 42.5 Å². The SMILES string of the molecule is CC.CC1=C(C2=C(C)C(=O)c3ccc(CCC(O)C(C)(C)O)cc3C2=O)C(=O)c2ccccc2C1=O. The van der Waals surface area contributed by atoms with Gasteiger partial charge in [-0.15, -0.1) is 0 Å². The molecule has 0 bridgehead atoms. The number of aryl methyl sites for hydroxylation is 1. The van der Waals surface area contributed by atoms with Crippen molar-refractivity contribution in [2.24, 2.45) is 0 Å². The number of fused-ring (bicyclic) bond motifs is 2. The molecular weight excluding hydrogens is 456 g/mol. The largest absolute Gasteiger partial charge is 0.390 e. The highest BCUT2D eigenvalue weighted by molar-refractivity contribution is 6.36. The van der Waals surface area contributed by atoms with E-state index in [9.17, 15) is 29.4 Å². The molecule has 0 amide bonds. The summed E-state index contributed by atoms with van der Waals surface area (Å²) in [7, 11) is 0.